The van der Waals surface area contributed by atoms with Crippen LogP contribution in [0.4, 0.5) is 0 Å². The van der Waals surface area contributed by atoms with E-state index in [1.165, 1.54) is 36.4 Å². The predicted molar refractivity (Wildman–Crippen MR) is 120 cm³/mol. The summed E-state index contributed by atoms with van der Waals surface area (Å²) in [4.78, 5) is -0.222. The lowest BCUT2D eigenvalue weighted by atomic mass is 10.4. The molecule has 12 nitrogen and oxygen atoms in total. The Morgan fingerprint density at radius 2 is 0.529 bits per heavy atom. The minimum Gasteiger partial charge on any atom is -0.870 e. The van der Waals surface area contributed by atoms with E-state index < -0.39 is 30.4 Å². The third-order valence-electron chi connectivity index (χ3n) is 3.12. The molecule has 0 atom stereocenters. The first-order valence-corrected chi connectivity index (χ1v) is 12.2. The van der Waals surface area contributed by atoms with Crippen LogP contribution in [0.3, 0.4) is 0 Å². The molecule has 0 fully saturated rings. The summed E-state index contributed by atoms with van der Waals surface area (Å²) in [6.45, 7) is 0. The van der Waals surface area contributed by atoms with Crippen molar-refractivity contribution in [3.8, 4) is 0 Å². The highest BCUT2D eigenvalue weighted by Gasteiger charge is 2.07. The van der Waals surface area contributed by atoms with Gasteiger partial charge in [-0.25, -0.2) is 0 Å². The summed E-state index contributed by atoms with van der Waals surface area (Å²) >= 11 is 0. The highest BCUT2D eigenvalue weighted by atomic mass is 32.2. The first-order chi connectivity index (χ1) is 13.8. The van der Waals surface area contributed by atoms with Gasteiger partial charge in [0.15, 0.2) is 0 Å². The van der Waals surface area contributed by atoms with Crippen LogP contribution in [0.5, 0.6) is 0 Å². The maximum atomic E-state index is 10.4. The van der Waals surface area contributed by atoms with Crippen LogP contribution in [-0.4, -0.2) is 72.7 Å². The molecule has 0 bridgehead atoms. The van der Waals surface area contributed by atoms with E-state index in [0.717, 1.165) is 0 Å². The van der Waals surface area contributed by atoms with Gasteiger partial charge >= 0.3 is 0 Å². The number of rotatable bonds is 3. The Kier molecular flexibility index (Phi) is 19.8. The van der Waals surface area contributed by atoms with Crippen LogP contribution in [0.1, 0.15) is 0 Å². The summed E-state index contributed by atoms with van der Waals surface area (Å²) in [5.74, 6) is 0. The van der Waals surface area contributed by atoms with Gasteiger partial charge in [-0.05, 0) is 36.4 Å². The SMILES string of the molecule is O=S(=O)(O)c1ccccc1.O=S(=O)(O)c1ccccc1.O=S(=O)(O)c1ccccc1.[Al].[OH-].[OH-].[OH-]. The van der Waals surface area contributed by atoms with E-state index in [0.29, 0.717) is 0 Å². The fourth-order valence-corrected chi connectivity index (χ4v) is 3.28. The van der Waals surface area contributed by atoms with Gasteiger partial charge in [-0.15, -0.1) is 0 Å². The summed E-state index contributed by atoms with van der Waals surface area (Å²) in [6, 6.07) is 22.3. The molecule has 0 saturated heterocycles. The van der Waals surface area contributed by atoms with Crippen molar-refractivity contribution in [2.24, 2.45) is 0 Å². The molecule has 0 saturated carbocycles. The van der Waals surface area contributed by atoms with Gasteiger partial charge in [0.2, 0.25) is 0 Å². The summed E-state index contributed by atoms with van der Waals surface area (Å²) in [5.41, 5.74) is 0. The van der Waals surface area contributed by atoms with Gasteiger partial charge in [0, 0.05) is 17.4 Å². The van der Waals surface area contributed by atoms with Gasteiger partial charge in [0.1, 0.15) is 0 Å². The van der Waals surface area contributed by atoms with Crippen molar-refractivity contribution in [3.05, 3.63) is 91.0 Å². The molecule has 0 spiro atoms. The van der Waals surface area contributed by atoms with E-state index in [2.05, 4.69) is 0 Å². The first kappa shape index (κ1) is 39.0. The Morgan fingerprint density at radius 3 is 0.618 bits per heavy atom. The molecular formula is C18H21AlO12S3-3. The summed E-state index contributed by atoms with van der Waals surface area (Å²) in [7, 11) is -12.0. The van der Waals surface area contributed by atoms with Gasteiger partial charge in [0.25, 0.3) is 30.4 Å². The highest BCUT2D eigenvalue weighted by Crippen LogP contribution is 2.06. The smallest absolute Gasteiger partial charge is 0.294 e. The largest absolute Gasteiger partial charge is 0.870 e. The molecular weight excluding hydrogens is 531 g/mol. The molecule has 0 unspecified atom stereocenters. The third-order valence-corrected chi connectivity index (χ3v) is 5.73. The van der Waals surface area contributed by atoms with Gasteiger partial charge in [-0.2, -0.15) is 25.3 Å². The van der Waals surface area contributed by atoms with Crippen LogP contribution in [0.25, 0.3) is 0 Å². The molecule has 0 heterocycles. The van der Waals surface area contributed by atoms with E-state index in [4.69, 9.17) is 13.7 Å². The molecule has 34 heavy (non-hydrogen) atoms. The molecule has 0 aliphatic rings. The van der Waals surface area contributed by atoms with Gasteiger partial charge < -0.3 is 16.4 Å². The Bertz CT molecular complexity index is 1070. The Morgan fingerprint density at radius 1 is 0.382 bits per heavy atom. The minimum absolute atomic E-state index is 0. The standard InChI is InChI=1S/3C6H6O3S.Al.3H2O/c3*7-10(8,9)6-4-2-1-3-5-6;;;;/h3*1-5H,(H,7,8,9);;3*1H2/p-3. The third kappa shape index (κ3) is 15.6. The topological polar surface area (TPSA) is 253 Å². The van der Waals surface area contributed by atoms with Crippen molar-refractivity contribution in [1.82, 2.24) is 0 Å². The van der Waals surface area contributed by atoms with E-state index in [-0.39, 0.29) is 48.5 Å². The Hall–Kier alpha value is -2.20. The van der Waals surface area contributed by atoms with E-state index in [1.54, 1.807) is 54.6 Å². The highest BCUT2D eigenvalue weighted by molar-refractivity contribution is 7.86. The zero-order chi connectivity index (χ0) is 22.8. The zero-order valence-electron chi connectivity index (χ0n) is 17.1. The van der Waals surface area contributed by atoms with Crippen molar-refractivity contribution in [2.75, 3.05) is 0 Å². The quantitative estimate of drug-likeness (QED) is 0.311. The average Bonchev–Trinajstić information content (AvgIpc) is 2.69. The molecule has 16 heteroatoms. The van der Waals surface area contributed by atoms with Crippen molar-refractivity contribution in [1.29, 1.82) is 0 Å². The molecule has 189 valence electrons. The van der Waals surface area contributed by atoms with Crippen molar-refractivity contribution in [2.45, 2.75) is 14.7 Å². The van der Waals surface area contributed by atoms with Crippen LogP contribution in [0, 0.1) is 0 Å². The second-order valence-electron chi connectivity index (χ2n) is 5.36. The van der Waals surface area contributed by atoms with Gasteiger partial charge in [-0.3, -0.25) is 13.7 Å². The lowest BCUT2D eigenvalue weighted by Gasteiger charge is -1.92. The second kappa shape index (κ2) is 17.3. The molecule has 3 aromatic rings. The van der Waals surface area contributed by atoms with Crippen LogP contribution in [-0.2, 0) is 30.4 Å². The molecule has 0 aromatic heterocycles. The van der Waals surface area contributed by atoms with E-state index in [1.807, 2.05) is 0 Å². The van der Waals surface area contributed by atoms with Gasteiger partial charge in [0.05, 0.1) is 14.7 Å². The average molecular weight is 553 g/mol. The fourth-order valence-electron chi connectivity index (χ4n) is 1.78. The lowest BCUT2D eigenvalue weighted by molar-refractivity contribution is 0.481. The Balaban J connectivity index is -0.000000187. The zero-order valence-corrected chi connectivity index (χ0v) is 20.7. The van der Waals surface area contributed by atoms with Crippen molar-refractivity contribution < 1.29 is 55.3 Å². The van der Waals surface area contributed by atoms with Crippen LogP contribution in [0.2, 0.25) is 0 Å². The molecule has 0 aliphatic heterocycles. The molecule has 0 aliphatic carbocycles. The van der Waals surface area contributed by atoms with Crippen molar-refractivity contribution >= 4 is 47.7 Å². The lowest BCUT2D eigenvalue weighted by Crippen LogP contribution is -1.96. The van der Waals surface area contributed by atoms with Crippen LogP contribution < -0.4 is 0 Å². The van der Waals surface area contributed by atoms with Crippen molar-refractivity contribution in [3.63, 3.8) is 0 Å². The molecule has 0 amide bonds. The summed E-state index contributed by atoms with van der Waals surface area (Å²) < 4.78 is 87.7. The Labute approximate surface area is 208 Å². The monoisotopic (exact) mass is 552 g/mol. The summed E-state index contributed by atoms with van der Waals surface area (Å²) in [5, 5.41) is 0. The maximum absolute atomic E-state index is 10.4. The van der Waals surface area contributed by atoms with E-state index in [9.17, 15) is 25.3 Å². The molecule has 3 radical (unpaired) electrons. The van der Waals surface area contributed by atoms with Gasteiger partial charge in [-0.1, -0.05) is 54.6 Å². The predicted octanol–water partition coefficient (Wildman–Crippen LogP) is 1.89. The van der Waals surface area contributed by atoms with E-state index >= 15 is 0 Å². The number of benzene rings is 3. The molecule has 3 aromatic carbocycles. The molecule has 3 rings (SSSR count). The maximum Gasteiger partial charge on any atom is 0.294 e. The first-order valence-electron chi connectivity index (χ1n) is 7.89. The normalized spacial score (nSPS) is 9.97. The molecule has 6 N–H and O–H groups in total. The fraction of sp³-hybridized carbons (Fsp3) is 0. The minimum atomic E-state index is -4.00. The summed E-state index contributed by atoms with van der Waals surface area (Å²) in [6.07, 6.45) is 0. The van der Waals surface area contributed by atoms with Crippen LogP contribution in [0.15, 0.2) is 106 Å². The second-order valence-corrected chi connectivity index (χ2v) is 9.63. The van der Waals surface area contributed by atoms with Crippen LogP contribution >= 0.6 is 0 Å². The number of hydrogen-bond acceptors (Lipinski definition) is 9. The number of hydrogen-bond donors (Lipinski definition) is 3.